The number of aromatic nitrogens is 1. The Morgan fingerprint density at radius 1 is 1.90 bits per heavy atom. The molecule has 0 aliphatic heterocycles. The van der Waals surface area contributed by atoms with Crippen molar-refractivity contribution >= 4 is 18.6 Å². The van der Waals surface area contributed by atoms with E-state index in [0.717, 1.165) is 0 Å². The predicted octanol–water partition coefficient (Wildman–Crippen LogP) is 0.803. The first-order valence-electron chi connectivity index (χ1n) is 2.54. The molecule has 0 saturated heterocycles. The summed E-state index contributed by atoms with van der Waals surface area (Å²) in [6.45, 7) is 0. The number of carboxylic acids is 1. The molecule has 0 aliphatic carbocycles. The van der Waals surface area contributed by atoms with Crippen molar-refractivity contribution in [1.82, 2.24) is 5.16 Å². The minimum absolute atomic E-state index is 0.0796. The first-order chi connectivity index (χ1) is 4.74. The lowest BCUT2D eigenvalue weighted by molar-refractivity contribution is 0.0685. The molecule has 1 N–H and O–H groups in total. The van der Waals surface area contributed by atoms with Crippen LogP contribution in [0.25, 0.3) is 0 Å². The number of hydrogen-bond donors (Lipinski definition) is 2. The van der Waals surface area contributed by atoms with Crippen molar-refractivity contribution in [3.8, 4) is 0 Å². The summed E-state index contributed by atoms with van der Waals surface area (Å²) in [4.78, 5) is 10.2. The fourth-order valence-corrected chi connectivity index (χ4v) is 0.637. The van der Waals surface area contributed by atoms with Crippen LogP contribution in [0.5, 0.6) is 0 Å². The molecule has 0 bridgehead atoms. The fraction of sp³-hybridized carbons (Fsp3) is 0.200. The summed E-state index contributed by atoms with van der Waals surface area (Å²) in [5.74, 6) is -0.266. The molecular weight excluding hydrogens is 154 g/mol. The number of carbonyl (C=O) groups is 1. The second kappa shape index (κ2) is 2.74. The summed E-state index contributed by atoms with van der Waals surface area (Å²) in [5.41, 5.74) is -0.0796. The van der Waals surface area contributed by atoms with Crippen LogP contribution in [0.15, 0.2) is 10.6 Å². The molecule has 4 nitrogen and oxygen atoms in total. The number of aromatic carboxylic acids is 1. The fourth-order valence-electron chi connectivity index (χ4n) is 0.488. The van der Waals surface area contributed by atoms with Gasteiger partial charge in [0.05, 0.1) is 5.75 Å². The molecule has 0 saturated carbocycles. The van der Waals surface area contributed by atoms with E-state index in [1.54, 1.807) is 0 Å². The van der Waals surface area contributed by atoms with E-state index in [1.807, 2.05) is 0 Å². The Labute approximate surface area is 62.2 Å². The van der Waals surface area contributed by atoms with Gasteiger partial charge in [0.25, 0.3) is 0 Å². The van der Waals surface area contributed by atoms with Crippen molar-refractivity contribution in [3.05, 3.63) is 17.5 Å². The van der Waals surface area contributed by atoms with Crippen molar-refractivity contribution in [2.45, 2.75) is 5.75 Å². The maximum atomic E-state index is 10.2. The molecule has 0 fully saturated rings. The molecule has 1 rings (SSSR count). The number of carboxylic acid groups (broad SMARTS) is 1. The van der Waals surface area contributed by atoms with E-state index in [4.69, 9.17) is 5.11 Å². The molecule has 0 radical (unpaired) electrons. The quantitative estimate of drug-likeness (QED) is 0.626. The monoisotopic (exact) mass is 159 g/mol. The van der Waals surface area contributed by atoms with E-state index in [0.29, 0.717) is 11.5 Å². The highest BCUT2D eigenvalue weighted by Gasteiger charge is 2.08. The molecule has 5 heteroatoms. The van der Waals surface area contributed by atoms with Gasteiger partial charge in [-0.05, 0) is 0 Å². The first-order valence-corrected chi connectivity index (χ1v) is 3.17. The van der Waals surface area contributed by atoms with Gasteiger partial charge in [0.2, 0.25) is 0 Å². The minimum Gasteiger partial charge on any atom is -0.476 e. The first kappa shape index (κ1) is 7.14. The van der Waals surface area contributed by atoms with E-state index >= 15 is 0 Å². The Bertz CT molecular complexity index is 245. The molecule has 1 aromatic rings. The van der Waals surface area contributed by atoms with Crippen molar-refractivity contribution in [3.63, 3.8) is 0 Å². The van der Waals surface area contributed by atoms with Crippen molar-refractivity contribution < 1.29 is 14.4 Å². The zero-order valence-electron chi connectivity index (χ0n) is 4.94. The van der Waals surface area contributed by atoms with Crippen LogP contribution in [0, 0.1) is 0 Å². The van der Waals surface area contributed by atoms with E-state index in [-0.39, 0.29) is 5.69 Å². The SMILES string of the molecule is O=C(O)c1cc(CS)on1. The van der Waals surface area contributed by atoms with Gasteiger partial charge in [0, 0.05) is 6.07 Å². The van der Waals surface area contributed by atoms with Crippen LogP contribution in [0.3, 0.4) is 0 Å². The van der Waals surface area contributed by atoms with Gasteiger partial charge in [0.1, 0.15) is 5.76 Å². The second-order valence-electron chi connectivity index (χ2n) is 1.64. The van der Waals surface area contributed by atoms with E-state index in [2.05, 4.69) is 22.3 Å². The van der Waals surface area contributed by atoms with E-state index in [1.165, 1.54) is 6.07 Å². The molecule has 1 heterocycles. The Kier molecular flexibility index (Phi) is 1.96. The lowest BCUT2D eigenvalue weighted by atomic mass is 10.4. The molecule has 0 amide bonds. The Hall–Kier alpha value is -0.970. The minimum atomic E-state index is -1.09. The largest absolute Gasteiger partial charge is 0.476 e. The van der Waals surface area contributed by atoms with Crippen molar-refractivity contribution in [2.24, 2.45) is 0 Å². The summed E-state index contributed by atoms with van der Waals surface area (Å²) >= 11 is 3.87. The van der Waals surface area contributed by atoms with Crippen LogP contribution in [0.4, 0.5) is 0 Å². The number of rotatable bonds is 2. The molecule has 0 atom stereocenters. The summed E-state index contributed by atoms with van der Waals surface area (Å²) in [6, 6.07) is 1.34. The molecule has 0 aliphatic rings. The van der Waals surface area contributed by atoms with E-state index in [9.17, 15) is 4.79 Å². The zero-order valence-corrected chi connectivity index (χ0v) is 5.84. The standard InChI is InChI=1S/C5H5NO3S/c7-5(8)4-1-3(2-10)9-6-4/h1,10H,2H2,(H,7,8). The molecule has 10 heavy (non-hydrogen) atoms. The van der Waals surface area contributed by atoms with Gasteiger partial charge in [-0.3, -0.25) is 0 Å². The highest BCUT2D eigenvalue weighted by molar-refractivity contribution is 7.79. The summed E-state index contributed by atoms with van der Waals surface area (Å²) < 4.78 is 4.57. The highest BCUT2D eigenvalue weighted by atomic mass is 32.1. The number of thiol groups is 1. The number of hydrogen-bond acceptors (Lipinski definition) is 4. The van der Waals surface area contributed by atoms with Gasteiger partial charge in [-0.15, -0.1) is 0 Å². The Morgan fingerprint density at radius 2 is 2.60 bits per heavy atom. The van der Waals surface area contributed by atoms with E-state index < -0.39 is 5.97 Å². The van der Waals surface area contributed by atoms with Crippen LogP contribution < -0.4 is 0 Å². The van der Waals surface area contributed by atoms with Gasteiger partial charge >= 0.3 is 5.97 Å². The lowest BCUT2D eigenvalue weighted by Gasteiger charge is -1.77. The van der Waals surface area contributed by atoms with Gasteiger partial charge in [-0.1, -0.05) is 5.16 Å². The highest BCUT2D eigenvalue weighted by Crippen LogP contribution is 2.05. The average molecular weight is 159 g/mol. The lowest BCUT2D eigenvalue weighted by Crippen LogP contribution is -1.94. The Morgan fingerprint density at radius 3 is 2.90 bits per heavy atom. The Balaban J connectivity index is 2.88. The van der Waals surface area contributed by atoms with Crippen molar-refractivity contribution in [2.75, 3.05) is 0 Å². The van der Waals surface area contributed by atoms with Crippen LogP contribution in [0.2, 0.25) is 0 Å². The third-order valence-corrected chi connectivity index (χ3v) is 1.25. The van der Waals surface area contributed by atoms with Gasteiger partial charge < -0.3 is 9.63 Å². The van der Waals surface area contributed by atoms with Gasteiger partial charge in [-0.25, -0.2) is 4.79 Å². The molecular formula is C5H5NO3S. The third kappa shape index (κ3) is 1.30. The van der Waals surface area contributed by atoms with Crippen molar-refractivity contribution in [1.29, 1.82) is 0 Å². The second-order valence-corrected chi connectivity index (χ2v) is 1.96. The third-order valence-electron chi connectivity index (χ3n) is 0.934. The molecule has 54 valence electrons. The summed E-state index contributed by atoms with van der Waals surface area (Å²) in [6.07, 6.45) is 0. The molecule has 0 aromatic carbocycles. The summed E-state index contributed by atoms with van der Waals surface area (Å²) in [7, 11) is 0. The average Bonchev–Trinajstić information content (AvgIpc) is 2.34. The van der Waals surface area contributed by atoms with Gasteiger partial charge in [0.15, 0.2) is 5.69 Å². The predicted molar refractivity (Wildman–Crippen MR) is 36.2 cm³/mol. The molecule has 0 spiro atoms. The number of nitrogens with zero attached hydrogens (tertiary/aromatic N) is 1. The maximum Gasteiger partial charge on any atom is 0.358 e. The summed E-state index contributed by atoms with van der Waals surface area (Å²) in [5, 5.41) is 11.6. The van der Waals surface area contributed by atoms with Gasteiger partial charge in [-0.2, -0.15) is 12.6 Å². The van der Waals surface area contributed by atoms with Crippen LogP contribution in [-0.2, 0) is 5.75 Å². The normalized spacial score (nSPS) is 9.70. The zero-order chi connectivity index (χ0) is 7.56. The topological polar surface area (TPSA) is 63.3 Å². The van der Waals surface area contributed by atoms with Crippen LogP contribution in [-0.4, -0.2) is 16.2 Å². The maximum absolute atomic E-state index is 10.2. The van der Waals surface area contributed by atoms with Crippen LogP contribution >= 0.6 is 12.6 Å². The molecule has 1 aromatic heterocycles. The van der Waals surface area contributed by atoms with Crippen LogP contribution in [0.1, 0.15) is 16.2 Å². The molecule has 0 unspecified atom stereocenters. The smallest absolute Gasteiger partial charge is 0.358 e.